The van der Waals surface area contributed by atoms with Gasteiger partial charge in [-0.1, -0.05) is 42.4 Å². The van der Waals surface area contributed by atoms with Crippen molar-refractivity contribution in [1.29, 1.82) is 0 Å². The van der Waals surface area contributed by atoms with E-state index < -0.39 is 40.8 Å². The number of carbonyl (C=O) groups is 2. The molecule has 4 bridgehead atoms. The van der Waals surface area contributed by atoms with Crippen LogP contribution in [0.25, 0.3) is 0 Å². The predicted octanol–water partition coefficient (Wildman–Crippen LogP) is 3.71. The molecular weight excluding hydrogens is 476 g/mol. The second-order valence-corrected chi connectivity index (χ2v) is 11.7. The highest BCUT2D eigenvalue weighted by molar-refractivity contribution is 5.83. The van der Waals surface area contributed by atoms with Gasteiger partial charge in [0.05, 0.1) is 30.3 Å². The molecule has 8 nitrogen and oxygen atoms in total. The van der Waals surface area contributed by atoms with Gasteiger partial charge >= 0.3 is 11.9 Å². The van der Waals surface area contributed by atoms with Gasteiger partial charge in [0.1, 0.15) is 24.4 Å². The third-order valence-electron chi connectivity index (χ3n) is 9.58. The lowest BCUT2D eigenvalue weighted by atomic mass is 9.51. The van der Waals surface area contributed by atoms with E-state index in [1.807, 2.05) is 19.9 Å². The maximum Gasteiger partial charge on any atom is 0.331 e. The molecule has 0 aromatic carbocycles. The van der Waals surface area contributed by atoms with Crippen LogP contribution in [0.4, 0.5) is 0 Å². The van der Waals surface area contributed by atoms with Gasteiger partial charge in [-0.15, -0.1) is 0 Å². The fraction of sp³-hybridized carbons (Fsp3) is 0.655. The monoisotopic (exact) mass is 512 g/mol. The lowest BCUT2D eigenvalue weighted by Gasteiger charge is -2.58. The highest BCUT2D eigenvalue weighted by atomic mass is 16.7. The van der Waals surface area contributed by atoms with Crippen molar-refractivity contribution in [2.75, 3.05) is 13.2 Å². The Morgan fingerprint density at radius 2 is 1.78 bits per heavy atom. The zero-order valence-electron chi connectivity index (χ0n) is 21.9. The number of esters is 2. The maximum absolute atomic E-state index is 13.0. The summed E-state index contributed by atoms with van der Waals surface area (Å²) in [5, 5.41) is 0. The number of epoxide rings is 1. The van der Waals surface area contributed by atoms with Crippen LogP contribution in [0.3, 0.4) is 0 Å². The summed E-state index contributed by atoms with van der Waals surface area (Å²) < 4.78 is 36.8. The number of hydrogen-bond acceptors (Lipinski definition) is 8. The Morgan fingerprint density at radius 1 is 0.973 bits per heavy atom. The van der Waals surface area contributed by atoms with Crippen molar-refractivity contribution in [3.63, 3.8) is 0 Å². The van der Waals surface area contributed by atoms with Crippen LogP contribution in [-0.2, 0) is 38.0 Å². The van der Waals surface area contributed by atoms with Gasteiger partial charge < -0.3 is 28.4 Å². The molecule has 0 aromatic heterocycles. The van der Waals surface area contributed by atoms with Crippen LogP contribution in [0.2, 0.25) is 0 Å². The molecule has 9 atom stereocenters. The minimum Gasteiger partial charge on any atom is -0.462 e. The van der Waals surface area contributed by atoms with Gasteiger partial charge in [-0.2, -0.15) is 0 Å². The van der Waals surface area contributed by atoms with E-state index in [1.54, 1.807) is 12.2 Å². The van der Waals surface area contributed by atoms with E-state index in [1.165, 1.54) is 17.7 Å². The van der Waals surface area contributed by atoms with Gasteiger partial charge in [0, 0.05) is 30.4 Å². The quantitative estimate of drug-likeness (QED) is 0.276. The first-order valence-corrected chi connectivity index (χ1v) is 13.3. The lowest BCUT2D eigenvalue weighted by molar-refractivity contribution is -0.232. The van der Waals surface area contributed by atoms with Crippen LogP contribution in [0.5, 0.6) is 0 Å². The molecule has 0 radical (unpaired) electrons. The molecule has 200 valence electrons. The van der Waals surface area contributed by atoms with Crippen molar-refractivity contribution in [3.8, 4) is 0 Å². The lowest BCUT2D eigenvalue weighted by Crippen LogP contribution is -2.66. The van der Waals surface area contributed by atoms with Crippen molar-refractivity contribution in [1.82, 2.24) is 0 Å². The second kappa shape index (κ2) is 8.90. The van der Waals surface area contributed by atoms with E-state index in [0.717, 1.165) is 18.4 Å². The van der Waals surface area contributed by atoms with Crippen LogP contribution < -0.4 is 0 Å². The first kappa shape index (κ1) is 25.0. The third kappa shape index (κ3) is 3.87. The van der Waals surface area contributed by atoms with Gasteiger partial charge in [0.15, 0.2) is 6.29 Å². The number of rotatable bonds is 0. The van der Waals surface area contributed by atoms with Crippen molar-refractivity contribution in [2.45, 2.75) is 95.8 Å². The summed E-state index contributed by atoms with van der Waals surface area (Å²) >= 11 is 0. The average Bonchev–Trinajstić information content (AvgIpc) is 3.54. The normalized spacial score (nSPS) is 50.5. The fourth-order valence-corrected chi connectivity index (χ4v) is 7.32. The van der Waals surface area contributed by atoms with E-state index in [0.29, 0.717) is 19.4 Å². The fourth-order valence-electron chi connectivity index (χ4n) is 7.32. The molecule has 1 unspecified atom stereocenters. The van der Waals surface area contributed by atoms with Gasteiger partial charge in [-0.05, 0) is 33.6 Å². The second-order valence-electron chi connectivity index (χ2n) is 11.7. The number of allylic oxidation sites excluding steroid dienone is 3. The minimum absolute atomic E-state index is 0.147. The topological polar surface area (TPSA) is 92.8 Å². The van der Waals surface area contributed by atoms with E-state index in [9.17, 15) is 9.59 Å². The summed E-state index contributed by atoms with van der Waals surface area (Å²) in [5.41, 5.74) is 0.362. The maximum atomic E-state index is 13.0. The molecule has 0 amide bonds. The molecule has 1 saturated carbocycles. The van der Waals surface area contributed by atoms with Crippen LogP contribution >= 0.6 is 0 Å². The zero-order chi connectivity index (χ0) is 26.0. The van der Waals surface area contributed by atoms with Gasteiger partial charge in [-0.3, -0.25) is 0 Å². The summed E-state index contributed by atoms with van der Waals surface area (Å²) in [6.45, 7) is 8.77. The molecule has 6 aliphatic rings. The zero-order valence-corrected chi connectivity index (χ0v) is 21.9. The third-order valence-corrected chi connectivity index (χ3v) is 9.58. The first-order valence-electron chi connectivity index (χ1n) is 13.3. The average molecular weight is 513 g/mol. The highest BCUT2D eigenvalue weighted by Crippen LogP contribution is 2.72. The van der Waals surface area contributed by atoms with Crippen molar-refractivity contribution < 1.29 is 38.0 Å². The largest absolute Gasteiger partial charge is 0.462 e. The van der Waals surface area contributed by atoms with Crippen LogP contribution in [-0.4, -0.2) is 67.6 Å². The number of hydrogen-bond donors (Lipinski definition) is 0. The number of carbonyl (C=O) groups excluding carboxylic acids is 2. The Kier molecular flexibility index (Phi) is 6.02. The van der Waals surface area contributed by atoms with E-state index >= 15 is 0 Å². The van der Waals surface area contributed by atoms with Crippen molar-refractivity contribution in [2.24, 2.45) is 10.8 Å². The summed E-state index contributed by atoms with van der Waals surface area (Å²) in [4.78, 5) is 26.0. The molecule has 37 heavy (non-hydrogen) atoms. The van der Waals surface area contributed by atoms with Crippen LogP contribution in [0.1, 0.15) is 53.4 Å². The van der Waals surface area contributed by atoms with Crippen LogP contribution in [0.15, 0.2) is 47.6 Å². The molecule has 3 saturated heterocycles. The molecule has 6 rings (SSSR count). The highest BCUT2D eigenvalue weighted by Gasteiger charge is 2.83. The smallest absolute Gasteiger partial charge is 0.331 e. The van der Waals surface area contributed by atoms with Gasteiger partial charge in [0.25, 0.3) is 0 Å². The SMILES string of the molecule is CC1=C[C@H]2O[C@@H]3C[C@H]4OC(=O)/C=C\C=C/[C@H]5OC(C/C(C)=C\C(=O)OC[C@@]2(CC1)[C@]4(C)[C@]31CO1)O[C@@H]5C. The summed E-state index contributed by atoms with van der Waals surface area (Å²) in [7, 11) is 0. The standard InChI is InChI=1S/C29H36O8/c1-17-9-10-28-15-32-25(31)12-18(2)13-26-34-19(3)20(35-26)7-5-6-8-24(30)37-21-14-23(36-22(28)11-17)29(16-33-29)27(21,28)4/h5-8,11-12,19-23,26H,9-10,13-16H2,1-4H3/b7-5-,8-6-,18-12-/t19-,20-,21-,22-,23-,26?,27-,28-,29+/m1/s1. The minimum atomic E-state index is -0.590. The Morgan fingerprint density at radius 3 is 2.57 bits per heavy atom. The first-order chi connectivity index (χ1) is 17.7. The van der Waals surface area contributed by atoms with Gasteiger partial charge in [-0.25, -0.2) is 9.59 Å². The molecule has 4 heterocycles. The number of ether oxygens (including phenoxy) is 6. The number of fused-ring (bicyclic) bond motifs is 2. The van der Waals surface area contributed by atoms with Crippen molar-refractivity contribution >= 4 is 11.9 Å². The van der Waals surface area contributed by atoms with Crippen molar-refractivity contribution in [3.05, 3.63) is 47.6 Å². The Labute approximate surface area is 217 Å². The summed E-state index contributed by atoms with van der Waals surface area (Å²) in [5.74, 6) is -0.828. The molecular formula is C29H36O8. The molecule has 0 N–H and O–H groups in total. The molecule has 2 spiro atoms. The summed E-state index contributed by atoms with van der Waals surface area (Å²) in [6, 6.07) is 0. The molecule has 8 heteroatoms. The molecule has 0 aromatic rings. The number of cyclic esters (lactones) is 1. The van der Waals surface area contributed by atoms with E-state index in [2.05, 4.69) is 19.9 Å². The Balaban J connectivity index is 1.37. The summed E-state index contributed by atoms with van der Waals surface area (Å²) in [6.07, 6.45) is 11.3. The van der Waals surface area contributed by atoms with Gasteiger partial charge in [0.2, 0.25) is 0 Å². The molecule has 2 aliphatic carbocycles. The molecule has 4 aliphatic heterocycles. The Bertz CT molecular complexity index is 1100. The van der Waals surface area contributed by atoms with E-state index in [-0.39, 0.29) is 31.0 Å². The molecule has 4 fully saturated rings. The Hall–Kier alpha value is -2.26. The predicted molar refractivity (Wildman–Crippen MR) is 132 cm³/mol. The van der Waals surface area contributed by atoms with Crippen LogP contribution in [0, 0.1) is 10.8 Å². The van der Waals surface area contributed by atoms with E-state index in [4.69, 9.17) is 28.4 Å².